The van der Waals surface area contributed by atoms with Crippen molar-refractivity contribution in [3.05, 3.63) is 146 Å². The zero-order chi connectivity index (χ0) is 29.0. The second kappa shape index (κ2) is 9.97. The molecule has 0 radical (unpaired) electrons. The maximum absolute atomic E-state index is 5.13. The highest BCUT2D eigenvalue weighted by Crippen LogP contribution is 2.37. The molecule has 9 rings (SSSR count). The molecule has 0 fully saturated rings. The first-order valence-electron chi connectivity index (χ1n) is 14.6. The summed E-state index contributed by atoms with van der Waals surface area (Å²) in [5.74, 6) is 1.88. The van der Waals surface area contributed by atoms with Gasteiger partial charge in [0.25, 0.3) is 0 Å². The van der Waals surface area contributed by atoms with Crippen molar-refractivity contribution in [2.45, 2.75) is 0 Å². The summed E-state index contributed by atoms with van der Waals surface area (Å²) in [6, 6.07) is 50.9. The molecule has 6 aromatic carbocycles. The van der Waals surface area contributed by atoms with Gasteiger partial charge in [0.2, 0.25) is 5.95 Å². The molecular formula is C39H24N4S. The number of para-hydroxylation sites is 2. The molecular weight excluding hydrogens is 557 g/mol. The molecule has 0 amide bonds. The van der Waals surface area contributed by atoms with Crippen molar-refractivity contribution in [3.8, 4) is 39.9 Å². The largest absolute Gasteiger partial charge is 0.278 e. The molecule has 206 valence electrons. The summed E-state index contributed by atoms with van der Waals surface area (Å²) in [6.07, 6.45) is 0. The van der Waals surface area contributed by atoms with E-state index in [9.17, 15) is 0 Å². The lowest BCUT2D eigenvalue weighted by atomic mass is 10.0. The SMILES string of the molecule is c1ccc(-c2nc(-c3cccc(-c4ccc5c(c4)sc4ccccc45)c3)nc(-n3c4ccccc4c4ccccc43)n2)cc1. The fraction of sp³-hybridized carbons (Fsp3) is 0. The molecule has 0 bridgehead atoms. The number of hydrogen-bond acceptors (Lipinski definition) is 4. The van der Waals surface area contributed by atoms with E-state index < -0.39 is 0 Å². The van der Waals surface area contributed by atoms with Gasteiger partial charge >= 0.3 is 0 Å². The maximum atomic E-state index is 5.13. The Kier molecular flexibility index (Phi) is 5.64. The van der Waals surface area contributed by atoms with E-state index in [1.54, 1.807) is 0 Å². The van der Waals surface area contributed by atoms with Gasteiger partial charge in [-0.1, -0.05) is 115 Å². The van der Waals surface area contributed by atoms with Crippen LogP contribution in [-0.2, 0) is 0 Å². The monoisotopic (exact) mass is 580 g/mol. The quantitative estimate of drug-likeness (QED) is 0.208. The third-order valence-electron chi connectivity index (χ3n) is 8.27. The van der Waals surface area contributed by atoms with E-state index in [0.29, 0.717) is 17.6 Å². The third-order valence-corrected chi connectivity index (χ3v) is 9.40. The molecule has 3 heterocycles. The Balaban J connectivity index is 1.24. The van der Waals surface area contributed by atoms with Gasteiger partial charge in [-0.3, -0.25) is 4.57 Å². The number of hydrogen-bond donors (Lipinski definition) is 0. The van der Waals surface area contributed by atoms with Crippen LogP contribution in [0.25, 0.3) is 81.8 Å². The van der Waals surface area contributed by atoms with Gasteiger partial charge in [0.05, 0.1) is 11.0 Å². The molecule has 0 atom stereocenters. The first-order valence-corrected chi connectivity index (χ1v) is 15.4. The normalized spacial score (nSPS) is 11.6. The minimum absolute atomic E-state index is 0.600. The molecule has 3 aromatic heterocycles. The molecule has 0 aliphatic rings. The van der Waals surface area contributed by atoms with Crippen molar-refractivity contribution in [2.75, 3.05) is 0 Å². The molecule has 0 spiro atoms. The first-order chi connectivity index (χ1) is 21.8. The number of benzene rings is 6. The van der Waals surface area contributed by atoms with Crippen LogP contribution >= 0.6 is 11.3 Å². The predicted octanol–water partition coefficient (Wildman–Crippen LogP) is 10.3. The number of nitrogens with zero attached hydrogens (tertiary/aromatic N) is 4. The molecule has 5 heteroatoms. The van der Waals surface area contributed by atoms with Crippen LogP contribution in [-0.4, -0.2) is 19.5 Å². The van der Waals surface area contributed by atoms with Crippen molar-refractivity contribution in [3.63, 3.8) is 0 Å². The van der Waals surface area contributed by atoms with Crippen LogP contribution < -0.4 is 0 Å². The van der Waals surface area contributed by atoms with Crippen LogP contribution in [0.2, 0.25) is 0 Å². The summed E-state index contributed by atoms with van der Waals surface area (Å²) in [7, 11) is 0. The van der Waals surface area contributed by atoms with E-state index in [1.165, 1.54) is 36.5 Å². The third kappa shape index (κ3) is 4.02. The maximum Gasteiger partial charge on any atom is 0.238 e. The van der Waals surface area contributed by atoms with Gasteiger partial charge in [-0.15, -0.1) is 11.3 Å². The van der Waals surface area contributed by atoms with Gasteiger partial charge < -0.3 is 0 Å². The second-order valence-corrected chi connectivity index (χ2v) is 12.0. The Bertz CT molecular complexity index is 2460. The molecule has 0 saturated heterocycles. The average Bonchev–Trinajstić information content (AvgIpc) is 3.64. The van der Waals surface area contributed by atoms with Crippen LogP contribution in [0, 0.1) is 0 Å². The second-order valence-electron chi connectivity index (χ2n) is 10.9. The topological polar surface area (TPSA) is 43.6 Å². The Morgan fingerprint density at radius 3 is 1.73 bits per heavy atom. The van der Waals surface area contributed by atoms with E-state index in [1.807, 2.05) is 41.7 Å². The van der Waals surface area contributed by atoms with E-state index >= 15 is 0 Å². The Labute approximate surface area is 257 Å². The molecule has 0 saturated carbocycles. The summed E-state index contributed by atoms with van der Waals surface area (Å²) in [6.45, 7) is 0. The van der Waals surface area contributed by atoms with E-state index in [2.05, 4.69) is 120 Å². The van der Waals surface area contributed by atoms with Gasteiger partial charge in [0.1, 0.15) is 0 Å². The summed E-state index contributed by atoms with van der Waals surface area (Å²) in [5.41, 5.74) is 6.32. The molecule has 0 aliphatic heterocycles. The van der Waals surface area contributed by atoms with Gasteiger partial charge in [0, 0.05) is 42.1 Å². The zero-order valence-corrected chi connectivity index (χ0v) is 24.4. The Morgan fingerprint density at radius 2 is 0.955 bits per heavy atom. The summed E-state index contributed by atoms with van der Waals surface area (Å²) >= 11 is 1.84. The highest BCUT2D eigenvalue weighted by atomic mass is 32.1. The lowest BCUT2D eigenvalue weighted by Crippen LogP contribution is -2.06. The predicted molar refractivity (Wildman–Crippen MR) is 183 cm³/mol. The van der Waals surface area contributed by atoms with E-state index in [0.717, 1.165) is 27.7 Å². The molecule has 0 unspecified atom stereocenters. The average molecular weight is 581 g/mol. The fourth-order valence-electron chi connectivity index (χ4n) is 6.19. The lowest BCUT2D eigenvalue weighted by molar-refractivity contribution is 0.953. The Morgan fingerprint density at radius 1 is 0.386 bits per heavy atom. The van der Waals surface area contributed by atoms with Crippen molar-refractivity contribution >= 4 is 53.3 Å². The fourth-order valence-corrected chi connectivity index (χ4v) is 7.34. The van der Waals surface area contributed by atoms with Crippen molar-refractivity contribution in [1.82, 2.24) is 19.5 Å². The Hall–Kier alpha value is -5.65. The molecule has 0 aliphatic carbocycles. The van der Waals surface area contributed by atoms with Crippen LogP contribution in [0.5, 0.6) is 0 Å². The molecule has 44 heavy (non-hydrogen) atoms. The number of aromatic nitrogens is 4. The highest BCUT2D eigenvalue weighted by Gasteiger charge is 2.18. The molecule has 0 N–H and O–H groups in total. The minimum atomic E-state index is 0.600. The number of rotatable bonds is 4. The molecule has 9 aromatic rings. The van der Waals surface area contributed by atoms with Gasteiger partial charge in [-0.05, 0) is 41.5 Å². The van der Waals surface area contributed by atoms with E-state index in [-0.39, 0.29) is 0 Å². The van der Waals surface area contributed by atoms with Crippen LogP contribution in [0.15, 0.2) is 146 Å². The van der Waals surface area contributed by atoms with Gasteiger partial charge in [-0.25, -0.2) is 4.98 Å². The van der Waals surface area contributed by atoms with Crippen molar-refractivity contribution in [2.24, 2.45) is 0 Å². The van der Waals surface area contributed by atoms with Crippen LogP contribution in [0.4, 0.5) is 0 Å². The van der Waals surface area contributed by atoms with Crippen molar-refractivity contribution < 1.29 is 0 Å². The minimum Gasteiger partial charge on any atom is -0.278 e. The van der Waals surface area contributed by atoms with Gasteiger partial charge in [0.15, 0.2) is 11.6 Å². The van der Waals surface area contributed by atoms with Crippen LogP contribution in [0.1, 0.15) is 0 Å². The molecule has 4 nitrogen and oxygen atoms in total. The standard InChI is InChI=1S/C39H24N4S/c1-2-11-25(12-3-1)37-40-38(42-39(41-37)43-33-18-7-4-15-29(33)30-16-5-8-19-34(30)43)28-14-10-13-26(23-28)27-21-22-32-31-17-6-9-20-35(31)44-36(32)24-27/h1-24H. The van der Waals surface area contributed by atoms with Crippen LogP contribution in [0.3, 0.4) is 0 Å². The lowest BCUT2D eigenvalue weighted by Gasteiger charge is -2.11. The smallest absolute Gasteiger partial charge is 0.238 e. The summed E-state index contributed by atoms with van der Waals surface area (Å²) in [4.78, 5) is 15.2. The van der Waals surface area contributed by atoms with E-state index in [4.69, 9.17) is 15.0 Å². The van der Waals surface area contributed by atoms with Crippen molar-refractivity contribution in [1.29, 1.82) is 0 Å². The number of fused-ring (bicyclic) bond motifs is 6. The first kappa shape index (κ1) is 24.9. The summed E-state index contributed by atoms with van der Waals surface area (Å²) in [5, 5.41) is 4.95. The zero-order valence-electron chi connectivity index (χ0n) is 23.6. The van der Waals surface area contributed by atoms with Gasteiger partial charge in [-0.2, -0.15) is 9.97 Å². The number of thiophene rings is 1. The summed E-state index contributed by atoms with van der Waals surface area (Å²) < 4.78 is 4.75. The highest BCUT2D eigenvalue weighted by molar-refractivity contribution is 7.25.